The van der Waals surface area contributed by atoms with Gasteiger partial charge in [0.1, 0.15) is 0 Å². The third kappa shape index (κ3) is 9.87. The van der Waals surface area contributed by atoms with E-state index in [1.165, 1.54) is 0 Å². The highest BCUT2D eigenvalue weighted by molar-refractivity contribution is 4.62. The van der Waals surface area contributed by atoms with Gasteiger partial charge in [0.25, 0.3) is 0 Å². The summed E-state index contributed by atoms with van der Waals surface area (Å²) in [6.07, 6.45) is 8.97. The molecular weight excluding hydrogens is 324 g/mol. The Balaban J connectivity index is 1.40. The van der Waals surface area contributed by atoms with Gasteiger partial charge in [-0.2, -0.15) is 0 Å². The Kier molecular flexibility index (Phi) is 11.0. The summed E-state index contributed by atoms with van der Waals surface area (Å²) in [5, 5.41) is 20.0. The average Bonchev–Trinajstić information content (AvgIpc) is 2.63. The molecule has 4 unspecified atom stereocenters. The van der Waals surface area contributed by atoms with E-state index in [0.29, 0.717) is 38.9 Å². The van der Waals surface area contributed by atoms with Crippen LogP contribution in [0.1, 0.15) is 70.6 Å². The summed E-state index contributed by atoms with van der Waals surface area (Å²) in [6, 6.07) is 0. The van der Waals surface area contributed by atoms with Gasteiger partial charge in [0.15, 0.2) is 12.6 Å². The van der Waals surface area contributed by atoms with Gasteiger partial charge < -0.3 is 29.2 Å². The normalized spacial score (nSPS) is 27.1. The van der Waals surface area contributed by atoms with Gasteiger partial charge in [0, 0.05) is 13.2 Å². The Bertz CT molecular complexity index is 285. The summed E-state index contributed by atoms with van der Waals surface area (Å²) in [5.41, 5.74) is 0. The first-order valence-electron chi connectivity index (χ1n) is 10.1. The molecular formula is C19H36O6. The van der Waals surface area contributed by atoms with Crippen molar-refractivity contribution in [2.45, 2.75) is 95.4 Å². The molecule has 0 aromatic rings. The summed E-state index contributed by atoms with van der Waals surface area (Å²) in [4.78, 5) is 0. The molecule has 0 aromatic heterocycles. The zero-order valence-corrected chi connectivity index (χ0v) is 15.4. The molecule has 25 heavy (non-hydrogen) atoms. The molecule has 2 N–H and O–H groups in total. The van der Waals surface area contributed by atoms with Crippen molar-refractivity contribution >= 4 is 0 Å². The molecule has 2 saturated heterocycles. The Hall–Kier alpha value is -0.240. The lowest BCUT2D eigenvalue weighted by atomic mass is 10.1. The van der Waals surface area contributed by atoms with Crippen LogP contribution in [0.5, 0.6) is 0 Å². The zero-order valence-electron chi connectivity index (χ0n) is 15.4. The van der Waals surface area contributed by atoms with E-state index < -0.39 is 0 Å². The maximum Gasteiger partial charge on any atom is 0.157 e. The number of hydrogen-bond donors (Lipinski definition) is 2. The van der Waals surface area contributed by atoms with Crippen LogP contribution in [0.2, 0.25) is 0 Å². The highest BCUT2D eigenvalue weighted by Gasteiger charge is 2.16. The summed E-state index contributed by atoms with van der Waals surface area (Å²) in [7, 11) is 0. The SMILES string of the molecule is OC(CCCC(O)CCOC1CCCCO1)CCOC1CCCCO1. The largest absolute Gasteiger partial charge is 0.393 e. The molecule has 0 bridgehead atoms. The van der Waals surface area contributed by atoms with Crippen molar-refractivity contribution in [2.75, 3.05) is 26.4 Å². The molecule has 148 valence electrons. The van der Waals surface area contributed by atoms with E-state index in [-0.39, 0.29) is 24.8 Å². The minimum atomic E-state index is -0.373. The van der Waals surface area contributed by atoms with Gasteiger partial charge >= 0.3 is 0 Å². The maximum absolute atomic E-state index is 9.99. The van der Waals surface area contributed by atoms with E-state index in [4.69, 9.17) is 18.9 Å². The Morgan fingerprint density at radius 3 is 1.60 bits per heavy atom. The lowest BCUT2D eigenvalue weighted by molar-refractivity contribution is -0.165. The van der Waals surface area contributed by atoms with E-state index in [1.807, 2.05) is 0 Å². The number of hydrogen-bond acceptors (Lipinski definition) is 6. The van der Waals surface area contributed by atoms with Crippen LogP contribution in [-0.4, -0.2) is 61.4 Å². The molecule has 6 heteroatoms. The first-order chi connectivity index (χ1) is 12.2. The van der Waals surface area contributed by atoms with Crippen LogP contribution in [0.15, 0.2) is 0 Å². The predicted molar refractivity (Wildman–Crippen MR) is 94.2 cm³/mol. The van der Waals surface area contributed by atoms with E-state index in [9.17, 15) is 10.2 Å². The average molecular weight is 360 g/mol. The van der Waals surface area contributed by atoms with Crippen LogP contribution < -0.4 is 0 Å². The van der Waals surface area contributed by atoms with Crippen LogP contribution in [-0.2, 0) is 18.9 Å². The number of rotatable bonds is 12. The second-order valence-corrected chi connectivity index (χ2v) is 7.15. The second-order valence-electron chi connectivity index (χ2n) is 7.15. The Labute approximate surface area is 151 Å². The van der Waals surface area contributed by atoms with Crippen molar-refractivity contribution in [1.82, 2.24) is 0 Å². The highest BCUT2D eigenvalue weighted by atomic mass is 16.7. The van der Waals surface area contributed by atoms with Crippen molar-refractivity contribution in [2.24, 2.45) is 0 Å². The monoisotopic (exact) mass is 360 g/mol. The van der Waals surface area contributed by atoms with Gasteiger partial charge in [-0.05, 0) is 70.6 Å². The molecule has 6 nitrogen and oxygen atoms in total. The van der Waals surface area contributed by atoms with Crippen molar-refractivity contribution in [1.29, 1.82) is 0 Å². The van der Waals surface area contributed by atoms with Gasteiger partial charge in [-0.1, -0.05) is 0 Å². The Morgan fingerprint density at radius 2 is 1.20 bits per heavy atom. The predicted octanol–water partition coefficient (Wildman–Crippen LogP) is 2.75. The summed E-state index contributed by atoms with van der Waals surface area (Å²) in [6.45, 7) is 2.62. The minimum Gasteiger partial charge on any atom is -0.393 e. The molecule has 2 heterocycles. The van der Waals surface area contributed by atoms with E-state index >= 15 is 0 Å². The number of aliphatic hydroxyl groups excluding tert-OH is 2. The summed E-state index contributed by atoms with van der Waals surface area (Å²) < 4.78 is 22.3. The third-order valence-corrected chi connectivity index (χ3v) is 4.86. The van der Waals surface area contributed by atoms with Gasteiger partial charge in [-0.25, -0.2) is 0 Å². The molecule has 2 aliphatic rings. The molecule has 0 spiro atoms. The standard InChI is InChI=1S/C19H36O6/c20-16(10-14-24-18-8-1-3-12-22-18)6-5-7-17(21)11-15-25-19-9-2-4-13-23-19/h16-21H,1-15H2. The van der Waals surface area contributed by atoms with Crippen molar-refractivity contribution < 1.29 is 29.2 Å². The van der Waals surface area contributed by atoms with E-state index in [0.717, 1.165) is 58.2 Å². The van der Waals surface area contributed by atoms with Crippen LogP contribution in [0.4, 0.5) is 0 Å². The smallest absolute Gasteiger partial charge is 0.157 e. The van der Waals surface area contributed by atoms with Gasteiger partial charge in [0.2, 0.25) is 0 Å². The summed E-state index contributed by atoms with van der Waals surface area (Å²) in [5.74, 6) is 0. The minimum absolute atomic E-state index is 0.0871. The van der Waals surface area contributed by atoms with Gasteiger partial charge in [-0.15, -0.1) is 0 Å². The van der Waals surface area contributed by atoms with E-state index in [1.54, 1.807) is 0 Å². The third-order valence-electron chi connectivity index (χ3n) is 4.86. The fourth-order valence-corrected chi connectivity index (χ4v) is 3.23. The lowest BCUT2D eigenvalue weighted by Gasteiger charge is -2.23. The number of ether oxygens (including phenoxy) is 4. The molecule has 0 aliphatic carbocycles. The molecule has 2 rings (SSSR count). The first kappa shape index (κ1) is 21.1. The zero-order chi connectivity index (χ0) is 17.7. The Morgan fingerprint density at radius 1 is 0.720 bits per heavy atom. The topological polar surface area (TPSA) is 77.4 Å². The van der Waals surface area contributed by atoms with Crippen molar-refractivity contribution in [3.63, 3.8) is 0 Å². The number of aliphatic hydroxyl groups is 2. The summed E-state index contributed by atoms with van der Waals surface area (Å²) >= 11 is 0. The van der Waals surface area contributed by atoms with E-state index in [2.05, 4.69) is 0 Å². The highest BCUT2D eigenvalue weighted by Crippen LogP contribution is 2.16. The molecule has 2 fully saturated rings. The van der Waals surface area contributed by atoms with Crippen LogP contribution in [0, 0.1) is 0 Å². The quantitative estimate of drug-likeness (QED) is 0.557. The van der Waals surface area contributed by atoms with Crippen LogP contribution >= 0.6 is 0 Å². The molecule has 2 aliphatic heterocycles. The molecule has 0 radical (unpaired) electrons. The fourth-order valence-electron chi connectivity index (χ4n) is 3.23. The molecule has 4 atom stereocenters. The molecule has 0 amide bonds. The van der Waals surface area contributed by atoms with Crippen LogP contribution in [0.25, 0.3) is 0 Å². The molecule has 0 aromatic carbocycles. The van der Waals surface area contributed by atoms with Gasteiger partial charge in [0.05, 0.1) is 25.4 Å². The van der Waals surface area contributed by atoms with Crippen molar-refractivity contribution in [3.8, 4) is 0 Å². The van der Waals surface area contributed by atoms with Crippen LogP contribution in [0.3, 0.4) is 0 Å². The first-order valence-corrected chi connectivity index (χ1v) is 10.1. The van der Waals surface area contributed by atoms with Gasteiger partial charge in [-0.3, -0.25) is 0 Å². The fraction of sp³-hybridized carbons (Fsp3) is 1.00. The molecule has 0 saturated carbocycles. The lowest BCUT2D eigenvalue weighted by Crippen LogP contribution is -2.24. The second kappa shape index (κ2) is 13.0. The maximum atomic E-state index is 9.99. The van der Waals surface area contributed by atoms with Crippen molar-refractivity contribution in [3.05, 3.63) is 0 Å².